The standard InChI is InChI=1S/C9H11NO2S/c11-7-3-1-6(2-4-7)8-5-10-9(12)13-8/h5-6H,1-4H2,(H,10,12). The molecule has 1 aliphatic rings. The molecule has 70 valence electrons. The largest absolute Gasteiger partial charge is 0.319 e. The predicted octanol–water partition coefficient (Wildman–Crippen LogP) is 1.66. The van der Waals surface area contributed by atoms with E-state index in [1.807, 2.05) is 0 Å². The summed E-state index contributed by atoms with van der Waals surface area (Å²) >= 11 is 1.27. The van der Waals surface area contributed by atoms with Crippen LogP contribution in [0.5, 0.6) is 0 Å². The topological polar surface area (TPSA) is 49.9 Å². The van der Waals surface area contributed by atoms with Crippen LogP contribution in [0.1, 0.15) is 36.5 Å². The predicted molar refractivity (Wildman–Crippen MR) is 51.2 cm³/mol. The summed E-state index contributed by atoms with van der Waals surface area (Å²) in [6.07, 6.45) is 4.96. The Morgan fingerprint density at radius 3 is 2.54 bits per heavy atom. The number of carbonyl (C=O) groups excluding carboxylic acids is 1. The highest BCUT2D eigenvalue weighted by atomic mass is 32.1. The summed E-state index contributed by atoms with van der Waals surface area (Å²) in [5.74, 6) is 0.792. The van der Waals surface area contributed by atoms with Gasteiger partial charge in [0.2, 0.25) is 0 Å². The third kappa shape index (κ3) is 1.88. The summed E-state index contributed by atoms with van der Waals surface area (Å²) in [6.45, 7) is 0. The van der Waals surface area contributed by atoms with Crippen molar-refractivity contribution < 1.29 is 4.79 Å². The van der Waals surface area contributed by atoms with E-state index in [0.717, 1.165) is 17.7 Å². The van der Waals surface area contributed by atoms with E-state index in [1.54, 1.807) is 6.20 Å². The molecule has 0 unspecified atom stereocenters. The molecule has 3 nitrogen and oxygen atoms in total. The van der Waals surface area contributed by atoms with Crippen LogP contribution in [0.3, 0.4) is 0 Å². The van der Waals surface area contributed by atoms with Crippen molar-refractivity contribution in [2.45, 2.75) is 31.6 Å². The maximum atomic E-state index is 11.0. The Kier molecular flexibility index (Phi) is 2.31. The zero-order valence-electron chi connectivity index (χ0n) is 7.21. The lowest BCUT2D eigenvalue weighted by molar-refractivity contribution is -0.120. The molecule has 1 saturated carbocycles. The van der Waals surface area contributed by atoms with Gasteiger partial charge in [0.15, 0.2) is 0 Å². The van der Waals surface area contributed by atoms with Crippen LogP contribution in [-0.2, 0) is 4.79 Å². The van der Waals surface area contributed by atoms with Crippen LogP contribution in [0.15, 0.2) is 11.0 Å². The smallest absolute Gasteiger partial charge is 0.304 e. The fourth-order valence-corrected chi connectivity index (χ4v) is 2.57. The fourth-order valence-electron chi connectivity index (χ4n) is 1.72. The molecule has 13 heavy (non-hydrogen) atoms. The molecular formula is C9H11NO2S. The molecule has 0 aromatic carbocycles. The SMILES string of the molecule is O=C1CCC(c2c[nH]c(=O)s2)CC1. The first-order valence-electron chi connectivity index (χ1n) is 4.46. The first kappa shape index (κ1) is 8.69. The number of thiazole rings is 1. The number of hydrogen-bond acceptors (Lipinski definition) is 3. The van der Waals surface area contributed by atoms with Crippen molar-refractivity contribution in [2.75, 3.05) is 0 Å². The van der Waals surface area contributed by atoms with Gasteiger partial charge in [0.25, 0.3) is 0 Å². The van der Waals surface area contributed by atoms with E-state index in [4.69, 9.17) is 0 Å². The normalized spacial score (nSPS) is 19.2. The molecule has 1 fully saturated rings. The molecule has 0 atom stereocenters. The highest BCUT2D eigenvalue weighted by Gasteiger charge is 2.21. The van der Waals surface area contributed by atoms with Crippen LogP contribution in [0, 0.1) is 0 Å². The summed E-state index contributed by atoms with van der Waals surface area (Å²) in [5.41, 5.74) is 0. The number of H-pyrrole nitrogens is 1. The number of hydrogen-bond donors (Lipinski definition) is 1. The van der Waals surface area contributed by atoms with Gasteiger partial charge < -0.3 is 4.98 Å². The quantitative estimate of drug-likeness (QED) is 0.744. The first-order chi connectivity index (χ1) is 6.25. The minimum atomic E-state index is 0.00639. The molecule has 1 aromatic heterocycles. The van der Waals surface area contributed by atoms with Crippen LogP contribution >= 0.6 is 11.3 Å². The summed E-state index contributed by atoms with van der Waals surface area (Å²) in [7, 11) is 0. The average Bonchev–Trinajstić information content (AvgIpc) is 2.53. The van der Waals surface area contributed by atoms with Gasteiger partial charge in [-0.2, -0.15) is 0 Å². The zero-order valence-corrected chi connectivity index (χ0v) is 8.02. The van der Waals surface area contributed by atoms with Gasteiger partial charge in [0, 0.05) is 23.9 Å². The lowest BCUT2D eigenvalue weighted by Gasteiger charge is -2.18. The molecule has 0 radical (unpaired) electrons. The van der Waals surface area contributed by atoms with Gasteiger partial charge in [0.05, 0.1) is 0 Å². The molecule has 1 heterocycles. The number of Topliss-reactive ketones (excluding diaryl/α,β-unsaturated/α-hetero) is 1. The van der Waals surface area contributed by atoms with Crippen molar-refractivity contribution in [3.8, 4) is 0 Å². The molecule has 0 spiro atoms. The van der Waals surface area contributed by atoms with Crippen molar-refractivity contribution in [3.63, 3.8) is 0 Å². The monoisotopic (exact) mass is 197 g/mol. The zero-order chi connectivity index (χ0) is 9.26. The molecule has 0 aliphatic heterocycles. The van der Waals surface area contributed by atoms with E-state index >= 15 is 0 Å². The summed E-state index contributed by atoms with van der Waals surface area (Å²) < 4.78 is 0. The number of rotatable bonds is 1. The van der Waals surface area contributed by atoms with E-state index in [-0.39, 0.29) is 4.87 Å². The maximum Gasteiger partial charge on any atom is 0.304 e. The lowest BCUT2D eigenvalue weighted by atomic mass is 9.88. The van der Waals surface area contributed by atoms with Crippen LogP contribution < -0.4 is 4.87 Å². The summed E-state index contributed by atoms with van der Waals surface area (Å²) in [6, 6.07) is 0. The second kappa shape index (κ2) is 3.46. The van der Waals surface area contributed by atoms with Crippen molar-refractivity contribution in [2.24, 2.45) is 0 Å². The van der Waals surface area contributed by atoms with Crippen molar-refractivity contribution in [1.82, 2.24) is 4.98 Å². The van der Waals surface area contributed by atoms with Gasteiger partial charge in [-0.3, -0.25) is 9.59 Å². The third-order valence-corrected chi connectivity index (χ3v) is 3.48. The van der Waals surface area contributed by atoms with Gasteiger partial charge in [-0.1, -0.05) is 11.3 Å². The van der Waals surface area contributed by atoms with E-state index in [0.29, 0.717) is 24.5 Å². The maximum absolute atomic E-state index is 11.0. The van der Waals surface area contributed by atoms with E-state index < -0.39 is 0 Å². The number of ketones is 1. The Bertz CT molecular complexity index is 356. The molecule has 1 aliphatic carbocycles. The minimum Gasteiger partial charge on any atom is -0.319 e. The van der Waals surface area contributed by atoms with E-state index in [1.165, 1.54) is 11.3 Å². The third-order valence-electron chi connectivity index (χ3n) is 2.49. The Morgan fingerprint density at radius 1 is 1.31 bits per heavy atom. The van der Waals surface area contributed by atoms with Crippen LogP contribution in [0.2, 0.25) is 0 Å². The molecule has 4 heteroatoms. The summed E-state index contributed by atoms with van der Waals surface area (Å²) in [5, 5.41) is 0. The second-order valence-corrected chi connectivity index (χ2v) is 4.44. The molecule has 1 N–H and O–H groups in total. The first-order valence-corrected chi connectivity index (χ1v) is 5.27. The van der Waals surface area contributed by atoms with Crippen molar-refractivity contribution >= 4 is 17.1 Å². The fraction of sp³-hybridized carbons (Fsp3) is 0.556. The Balaban J connectivity index is 2.10. The van der Waals surface area contributed by atoms with Gasteiger partial charge in [-0.15, -0.1) is 0 Å². The minimum absolute atomic E-state index is 0.00639. The number of nitrogens with one attached hydrogen (secondary N) is 1. The van der Waals surface area contributed by atoms with E-state index in [2.05, 4.69) is 4.98 Å². The van der Waals surface area contributed by atoms with Crippen LogP contribution in [0.25, 0.3) is 0 Å². The van der Waals surface area contributed by atoms with Crippen molar-refractivity contribution in [1.29, 1.82) is 0 Å². The van der Waals surface area contributed by atoms with Gasteiger partial charge in [-0.05, 0) is 18.8 Å². The van der Waals surface area contributed by atoms with Gasteiger partial charge in [-0.25, -0.2) is 0 Å². The highest BCUT2D eigenvalue weighted by molar-refractivity contribution is 7.09. The number of carbonyl (C=O) groups is 1. The molecule has 2 rings (SSSR count). The highest BCUT2D eigenvalue weighted by Crippen LogP contribution is 2.31. The molecule has 1 aromatic rings. The second-order valence-electron chi connectivity index (χ2n) is 3.39. The molecule has 0 bridgehead atoms. The molecule has 0 saturated heterocycles. The summed E-state index contributed by atoms with van der Waals surface area (Å²) in [4.78, 5) is 25.6. The van der Waals surface area contributed by atoms with Crippen LogP contribution in [-0.4, -0.2) is 10.8 Å². The van der Waals surface area contributed by atoms with Gasteiger partial charge >= 0.3 is 4.87 Å². The average molecular weight is 197 g/mol. The molecular weight excluding hydrogens is 186 g/mol. The van der Waals surface area contributed by atoms with Crippen LogP contribution in [0.4, 0.5) is 0 Å². The number of aromatic amines is 1. The Morgan fingerprint density at radius 2 is 2.00 bits per heavy atom. The van der Waals surface area contributed by atoms with Crippen molar-refractivity contribution in [3.05, 3.63) is 20.7 Å². The Hall–Kier alpha value is -0.900. The Labute approximate surface area is 79.8 Å². The van der Waals surface area contributed by atoms with E-state index in [9.17, 15) is 9.59 Å². The van der Waals surface area contributed by atoms with Gasteiger partial charge in [0.1, 0.15) is 5.78 Å². The lowest BCUT2D eigenvalue weighted by Crippen LogP contribution is -2.11. The number of aromatic nitrogens is 1. The molecule has 0 amide bonds.